The highest BCUT2D eigenvalue weighted by Crippen LogP contribution is 2.43. The Kier molecular flexibility index (Phi) is 9.52. The molecule has 41 heavy (non-hydrogen) atoms. The van der Waals surface area contributed by atoms with Gasteiger partial charge in [-0.3, -0.25) is 14.4 Å². The van der Waals surface area contributed by atoms with Crippen molar-refractivity contribution < 1.29 is 19.1 Å². The van der Waals surface area contributed by atoms with Gasteiger partial charge in [0.2, 0.25) is 17.7 Å². The van der Waals surface area contributed by atoms with Gasteiger partial charge < -0.3 is 10.1 Å². The highest BCUT2D eigenvalue weighted by atomic mass is 35.5. The van der Waals surface area contributed by atoms with Crippen molar-refractivity contribution in [2.24, 2.45) is 11.8 Å². The van der Waals surface area contributed by atoms with E-state index in [-0.39, 0.29) is 46.8 Å². The Morgan fingerprint density at radius 2 is 1.59 bits per heavy atom. The van der Waals surface area contributed by atoms with E-state index < -0.39 is 0 Å². The maximum Gasteiger partial charge on any atom is 0.237 e. The van der Waals surface area contributed by atoms with Gasteiger partial charge >= 0.3 is 0 Å². The molecule has 1 N–H and O–H groups in total. The second-order valence-corrected chi connectivity index (χ2v) is 13.3. The summed E-state index contributed by atoms with van der Waals surface area (Å²) in [5.41, 5.74) is 3.41. The first-order chi connectivity index (χ1) is 19.4. The first-order valence-electron chi connectivity index (χ1n) is 15.1. The van der Waals surface area contributed by atoms with Crippen LogP contribution in [0.4, 0.5) is 11.4 Å². The molecule has 1 saturated carbocycles. The minimum atomic E-state index is -0.261. The molecule has 2 unspecified atom stereocenters. The number of anilines is 2. The Hall–Kier alpha value is -2.86. The van der Waals surface area contributed by atoms with Crippen LogP contribution in [-0.2, 0) is 25.2 Å². The highest BCUT2D eigenvalue weighted by Gasteiger charge is 2.49. The minimum absolute atomic E-state index is 0.0330. The van der Waals surface area contributed by atoms with Crippen molar-refractivity contribution in [1.29, 1.82) is 0 Å². The van der Waals surface area contributed by atoms with E-state index in [1.165, 1.54) is 16.0 Å². The first kappa shape index (κ1) is 31.1. The lowest BCUT2D eigenvalue weighted by Crippen LogP contribution is -2.31. The topological polar surface area (TPSA) is 75.7 Å². The molecule has 1 heterocycles. The summed E-state index contributed by atoms with van der Waals surface area (Å²) >= 11 is 6.42. The lowest BCUT2D eigenvalue weighted by Gasteiger charge is -2.30. The molecule has 1 aliphatic heterocycles. The van der Waals surface area contributed by atoms with Gasteiger partial charge in [-0.2, -0.15) is 0 Å². The SMILES string of the molecule is CCC(C)(C)c1ccc(OCCCC(=O)Nc2ccc(Cl)c(N3C(=O)C4CCCCC4C3=O)c2)c(C(C)(C)CC)c1. The number of carbonyl (C=O) groups is 3. The fraction of sp³-hybridized carbons (Fsp3) is 0.559. The molecular weight excluding hydrogens is 536 g/mol. The predicted octanol–water partition coefficient (Wildman–Crippen LogP) is 8.19. The smallest absolute Gasteiger partial charge is 0.237 e. The summed E-state index contributed by atoms with van der Waals surface area (Å²) in [5, 5.41) is 3.21. The van der Waals surface area contributed by atoms with Crippen LogP contribution >= 0.6 is 11.6 Å². The number of halogens is 1. The summed E-state index contributed by atoms with van der Waals surface area (Å²) in [5.74, 6) is -0.176. The van der Waals surface area contributed by atoms with Crippen molar-refractivity contribution in [2.75, 3.05) is 16.8 Å². The normalized spacial score (nSPS) is 19.3. The number of amides is 3. The molecule has 2 aromatic rings. The lowest BCUT2D eigenvalue weighted by molar-refractivity contribution is -0.122. The number of nitrogens with one attached hydrogen (secondary N) is 1. The van der Waals surface area contributed by atoms with E-state index in [0.29, 0.717) is 29.4 Å². The van der Waals surface area contributed by atoms with Gasteiger partial charge in [0.05, 0.1) is 29.2 Å². The number of fused-ring (bicyclic) bond motifs is 1. The Bertz CT molecular complexity index is 1280. The monoisotopic (exact) mass is 580 g/mol. The second kappa shape index (κ2) is 12.6. The van der Waals surface area contributed by atoms with Gasteiger partial charge in [-0.15, -0.1) is 0 Å². The highest BCUT2D eigenvalue weighted by molar-refractivity contribution is 6.36. The van der Waals surface area contributed by atoms with E-state index in [9.17, 15) is 14.4 Å². The zero-order valence-corrected chi connectivity index (χ0v) is 26.2. The first-order valence-corrected chi connectivity index (χ1v) is 15.5. The van der Waals surface area contributed by atoms with Gasteiger partial charge in [-0.1, -0.05) is 78.1 Å². The summed E-state index contributed by atoms with van der Waals surface area (Å²) < 4.78 is 6.22. The largest absolute Gasteiger partial charge is 0.493 e. The number of imide groups is 1. The van der Waals surface area contributed by atoms with Crippen molar-refractivity contribution in [3.8, 4) is 5.75 Å². The summed E-state index contributed by atoms with van der Waals surface area (Å²) in [6, 6.07) is 11.5. The fourth-order valence-electron chi connectivity index (χ4n) is 5.80. The maximum atomic E-state index is 13.1. The Morgan fingerprint density at radius 1 is 0.951 bits per heavy atom. The Morgan fingerprint density at radius 3 is 2.20 bits per heavy atom. The van der Waals surface area contributed by atoms with Crippen LogP contribution in [0.5, 0.6) is 5.75 Å². The number of rotatable bonds is 11. The second-order valence-electron chi connectivity index (χ2n) is 12.9. The quantitative estimate of drug-likeness (QED) is 0.215. The van der Waals surface area contributed by atoms with E-state index >= 15 is 0 Å². The molecule has 2 fully saturated rings. The van der Waals surface area contributed by atoms with E-state index in [1.807, 2.05) is 0 Å². The minimum Gasteiger partial charge on any atom is -0.493 e. The maximum absolute atomic E-state index is 13.1. The molecular formula is C34H45ClN2O4. The third-order valence-corrected chi connectivity index (χ3v) is 9.70. The average molecular weight is 581 g/mol. The molecule has 6 nitrogen and oxygen atoms in total. The molecule has 2 aliphatic rings. The molecule has 0 aromatic heterocycles. The van der Waals surface area contributed by atoms with Gasteiger partial charge in [-0.25, -0.2) is 4.90 Å². The molecule has 3 amide bonds. The zero-order chi connectivity index (χ0) is 29.9. The standard InChI is InChI=1S/C34H45ClN2O4/c1-7-33(3,4)22-15-18-29(26(20-22)34(5,6)8-2)41-19-11-14-30(38)36-23-16-17-27(35)28(21-23)37-31(39)24-12-9-10-13-25(24)32(37)40/h15-18,20-21,24-25H,7-14,19H2,1-6H3,(H,36,38). The molecule has 4 rings (SSSR count). The Labute approximate surface area is 250 Å². The predicted molar refractivity (Wildman–Crippen MR) is 166 cm³/mol. The zero-order valence-electron chi connectivity index (χ0n) is 25.4. The third kappa shape index (κ3) is 6.63. The number of benzene rings is 2. The van der Waals surface area contributed by atoms with Gasteiger partial charge in [0.1, 0.15) is 5.75 Å². The number of hydrogen-bond donors (Lipinski definition) is 1. The molecule has 222 valence electrons. The van der Waals surface area contributed by atoms with Crippen molar-refractivity contribution >= 4 is 40.7 Å². The van der Waals surface area contributed by atoms with Crippen molar-refractivity contribution in [3.63, 3.8) is 0 Å². The number of carbonyl (C=O) groups excluding carboxylic acids is 3. The third-order valence-electron chi connectivity index (χ3n) is 9.38. The molecule has 0 spiro atoms. The molecule has 2 aromatic carbocycles. The van der Waals surface area contributed by atoms with E-state index in [0.717, 1.165) is 44.3 Å². The fourth-order valence-corrected chi connectivity index (χ4v) is 6.00. The van der Waals surface area contributed by atoms with E-state index in [4.69, 9.17) is 16.3 Å². The van der Waals surface area contributed by atoms with Crippen LogP contribution in [0.15, 0.2) is 36.4 Å². The van der Waals surface area contributed by atoms with Gasteiger partial charge in [-0.05, 0) is 72.8 Å². The van der Waals surface area contributed by atoms with Crippen molar-refractivity contribution in [1.82, 2.24) is 0 Å². The van der Waals surface area contributed by atoms with Crippen molar-refractivity contribution in [2.45, 2.75) is 104 Å². The summed E-state index contributed by atoms with van der Waals surface area (Å²) in [4.78, 5) is 40.1. The van der Waals surface area contributed by atoms with Crippen LogP contribution in [0.25, 0.3) is 0 Å². The summed E-state index contributed by atoms with van der Waals surface area (Å²) in [7, 11) is 0. The van der Waals surface area contributed by atoms with Crippen LogP contribution in [0.2, 0.25) is 5.02 Å². The Balaban J connectivity index is 1.37. The van der Waals surface area contributed by atoms with Gasteiger partial charge in [0.15, 0.2) is 0 Å². The van der Waals surface area contributed by atoms with Crippen LogP contribution in [0.3, 0.4) is 0 Å². The molecule has 1 aliphatic carbocycles. The van der Waals surface area contributed by atoms with Crippen LogP contribution in [0, 0.1) is 11.8 Å². The van der Waals surface area contributed by atoms with Crippen LogP contribution in [0.1, 0.15) is 104 Å². The van der Waals surface area contributed by atoms with E-state index in [1.54, 1.807) is 18.2 Å². The van der Waals surface area contributed by atoms with Crippen LogP contribution < -0.4 is 15.0 Å². The van der Waals surface area contributed by atoms with Crippen LogP contribution in [-0.4, -0.2) is 24.3 Å². The lowest BCUT2D eigenvalue weighted by atomic mass is 9.76. The average Bonchev–Trinajstić information content (AvgIpc) is 3.21. The molecule has 2 atom stereocenters. The summed E-state index contributed by atoms with van der Waals surface area (Å²) in [6.45, 7) is 13.8. The number of nitrogens with zero attached hydrogens (tertiary/aromatic N) is 1. The summed E-state index contributed by atoms with van der Waals surface area (Å²) in [6.07, 6.45) is 6.25. The van der Waals surface area contributed by atoms with Crippen molar-refractivity contribution in [3.05, 3.63) is 52.5 Å². The molecule has 7 heteroatoms. The van der Waals surface area contributed by atoms with Gasteiger partial charge in [0.25, 0.3) is 0 Å². The van der Waals surface area contributed by atoms with Gasteiger partial charge in [0, 0.05) is 17.7 Å². The van der Waals surface area contributed by atoms with E-state index in [2.05, 4.69) is 65.1 Å². The molecule has 0 bridgehead atoms. The molecule has 0 radical (unpaired) electrons. The number of hydrogen-bond acceptors (Lipinski definition) is 4. The molecule has 1 saturated heterocycles. The number of ether oxygens (including phenoxy) is 1.